The van der Waals surface area contributed by atoms with E-state index in [0.29, 0.717) is 16.6 Å². The first-order valence-corrected chi connectivity index (χ1v) is 9.77. The summed E-state index contributed by atoms with van der Waals surface area (Å²) in [5.41, 5.74) is 1.49. The largest absolute Gasteiger partial charge is 0.339 e. The number of carbonyl (C=O) groups excluding carboxylic acids is 1. The molecule has 0 N–H and O–H groups in total. The Kier molecular flexibility index (Phi) is 5.73. The van der Waals surface area contributed by atoms with E-state index in [1.54, 1.807) is 29.0 Å². The van der Waals surface area contributed by atoms with Gasteiger partial charge in [-0.2, -0.15) is 5.10 Å². The van der Waals surface area contributed by atoms with E-state index in [-0.39, 0.29) is 5.91 Å². The quantitative estimate of drug-likeness (QED) is 0.618. The Balaban J connectivity index is 1.84. The van der Waals surface area contributed by atoms with Gasteiger partial charge in [0.1, 0.15) is 11.4 Å². The summed E-state index contributed by atoms with van der Waals surface area (Å²) < 4.78 is 1.73. The first kappa shape index (κ1) is 17.9. The molecule has 7 heteroatoms. The summed E-state index contributed by atoms with van der Waals surface area (Å²) in [7, 11) is 0. The number of hydrogen-bond donors (Lipinski definition) is 0. The number of thioether (sulfide) groups is 1. The highest BCUT2D eigenvalue weighted by Crippen LogP contribution is 2.23. The summed E-state index contributed by atoms with van der Waals surface area (Å²) >= 11 is 1.68. The third-order valence-corrected chi connectivity index (χ3v) is 5.27. The molecule has 0 spiro atoms. The monoisotopic (exact) mass is 359 g/mol. The molecule has 0 radical (unpaired) electrons. The van der Waals surface area contributed by atoms with Crippen molar-refractivity contribution in [2.45, 2.75) is 56.7 Å². The highest BCUT2D eigenvalue weighted by molar-refractivity contribution is 7.99. The fraction of sp³-hybridized carbons (Fsp3) is 0.556. The maximum Gasteiger partial charge on any atom is 0.257 e. The second kappa shape index (κ2) is 7.99. The summed E-state index contributed by atoms with van der Waals surface area (Å²) in [6.45, 7) is 7.86. The van der Waals surface area contributed by atoms with Crippen molar-refractivity contribution in [3.63, 3.8) is 0 Å². The Morgan fingerprint density at radius 3 is 2.56 bits per heavy atom. The lowest BCUT2D eigenvalue weighted by Gasteiger charge is -2.19. The van der Waals surface area contributed by atoms with Crippen LogP contribution in [0.1, 0.15) is 55.6 Å². The van der Waals surface area contributed by atoms with Crippen molar-refractivity contribution in [2.75, 3.05) is 13.1 Å². The fourth-order valence-electron chi connectivity index (χ4n) is 3.05. The maximum absolute atomic E-state index is 12.9. The second-order valence-corrected chi connectivity index (χ2v) is 8.24. The first-order chi connectivity index (χ1) is 12.1. The average molecular weight is 359 g/mol. The lowest BCUT2D eigenvalue weighted by atomic mass is 10.2. The number of nitrogens with zero attached hydrogens (tertiary/aromatic N) is 5. The Hall–Kier alpha value is -1.89. The molecule has 3 rings (SSSR count). The van der Waals surface area contributed by atoms with Crippen molar-refractivity contribution in [2.24, 2.45) is 0 Å². The minimum absolute atomic E-state index is 0.0801. The Morgan fingerprint density at radius 2 is 1.88 bits per heavy atom. The van der Waals surface area contributed by atoms with Crippen LogP contribution in [-0.2, 0) is 0 Å². The first-order valence-electron chi connectivity index (χ1n) is 8.89. The van der Waals surface area contributed by atoms with Crippen LogP contribution in [0.3, 0.4) is 0 Å². The van der Waals surface area contributed by atoms with Crippen molar-refractivity contribution in [1.82, 2.24) is 24.6 Å². The molecule has 0 atom stereocenters. The molecule has 0 aromatic carbocycles. The molecular weight excluding hydrogens is 334 g/mol. The van der Waals surface area contributed by atoms with Crippen molar-refractivity contribution in [3.8, 4) is 5.82 Å². The summed E-state index contributed by atoms with van der Waals surface area (Å²) in [5, 5.41) is 5.77. The Labute approximate surface area is 153 Å². The predicted octanol–water partition coefficient (Wildman–Crippen LogP) is 3.49. The van der Waals surface area contributed by atoms with Crippen LogP contribution < -0.4 is 0 Å². The van der Waals surface area contributed by atoms with Gasteiger partial charge in [0.25, 0.3) is 5.91 Å². The van der Waals surface area contributed by atoms with Crippen LogP contribution in [0, 0.1) is 6.92 Å². The van der Waals surface area contributed by atoms with Gasteiger partial charge in [-0.1, -0.05) is 26.7 Å². The van der Waals surface area contributed by atoms with Crippen molar-refractivity contribution in [3.05, 3.63) is 29.8 Å². The average Bonchev–Trinajstić information content (AvgIpc) is 2.80. The van der Waals surface area contributed by atoms with Gasteiger partial charge in [0.05, 0.1) is 17.5 Å². The fourth-order valence-corrected chi connectivity index (χ4v) is 3.81. The smallest absolute Gasteiger partial charge is 0.257 e. The van der Waals surface area contributed by atoms with Crippen LogP contribution in [0.4, 0.5) is 0 Å². The molecule has 0 aliphatic carbocycles. The van der Waals surface area contributed by atoms with Crippen LogP contribution in [0.2, 0.25) is 0 Å². The number of amides is 1. The SMILES string of the molecule is Cc1c(C(=O)N2CCCCCC2)cnn1-c1cc(SC(C)C)ncn1. The molecule has 6 nitrogen and oxygen atoms in total. The van der Waals surface area contributed by atoms with Gasteiger partial charge in [-0.05, 0) is 19.8 Å². The highest BCUT2D eigenvalue weighted by atomic mass is 32.2. The summed E-state index contributed by atoms with van der Waals surface area (Å²) in [6, 6.07) is 1.92. The van der Waals surface area contributed by atoms with Crippen LogP contribution in [0.15, 0.2) is 23.6 Å². The molecule has 2 aromatic heterocycles. The van der Waals surface area contributed by atoms with E-state index in [4.69, 9.17) is 0 Å². The van der Waals surface area contributed by atoms with Crippen LogP contribution >= 0.6 is 11.8 Å². The molecule has 0 saturated carbocycles. The second-order valence-electron chi connectivity index (χ2n) is 6.64. The minimum atomic E-state index is 0.0801. The standard InChI is InChI=1S/C18H25N5OS/c1-13(2)25-17-10-16(19-12-20-17)23-14(3)15(11-21-23)18(24)22-8-6-4-5-7-9-22/h10-13H,4-9H2,1-3H3. The molecule has 2 aromatic rings. The van der Waals surface area contributed by atoms with Gasteiger partial charge in [-0.15, -0.1) is 11.8 Å². The van der Waals surface area contributed by atoms with E-state index in [9.17, 15) is 4.79 Å². The van der Waals surface area contributed by atoms with Crippen molar-refractivity contribution < 1.29 is 4.79 Å². The molecular formula is C18H25N5OS. The van der Waals surface area contributed by atoms with Gasteiger partial charge < -0.3 is 4.90 Å². The summed E-state index contributed by atoms with van der Waals surface area (Å²) in [5.74, 6) is 0.780. The Bertz CT molecular complexity index is 735. The van der Waals surface area contributed by atoms with Crippen LogP contribution in [0.5, 0.6) is 0 Å². The lowest BCUT2D eigenvalue weighted by molar-refractivity contribution is 0.0761. The zero-order valence-corrected chi connectivity index (χ0v) is 15.9. The van der Waals surface area contributed by atoms with E-state index in [2.05, 4.69) is 28.9 Å². The number of likely N-dealkylation sites (tertiary alicyclic amines) is 1. The summed E-state index contributed by atoms with van der Waals surface area (Å²) in [6.07, 6.45) is 7.80. The zero-order valence-electron chi connectivity index (χ0n) is 15.1. The molecule has 1 amide bonds. The van der Waals surface area contributed by atoms with Gasteiger partial charge >= 0.3 is 0 Å². The maximum atomic E-state index is 12.9. The molecule has 1 saturated heterocycles. The van der Waals surface area contributed by atoms with Gasteiger partial charge in [0.2, 0.25) is 0 Å². The topological polar surface area (TPSA) is 63.9 Å². The number of hydrogen-bond acceptors (Lipinski definition) is 5. The normalized spacial score (nSPS) is 15.4. The van der Waals surface area contributed by atoms with E-state index >= 15 is 0 Å². The number of aromatic nitrogens is 4. The minimum Gasteiger partial charge on any atom is -0.339 e. The summed E-state index contributed by atoms with van der Waals surface area (Å²) in [4.78, 5) is 23.5. The lowest BCUT2D eigenvalue weighted by Crippen LogP contribution is -2.32. The van der Waals surface area contributed by atoms with Gasteiger partial charge in [-0.25, -0.2) is 14.6 Å². The molecule has 0 unspecified atom stereocenters. The third kappa shape index (κ3) is 4.21. The Morgan fingerprint density at radius 1 is 1.16 bits per heavy atom. The van der Waals surface area contributed by atoms with E-state index < -0.39 is 0 Å². The van der Waals surface area contributed by atoms with Crippen molar-refractivity contribution in [1.29, 1.82) is 0 Å². The predicted molar refractivity (Wildman–Crippen MR) is 99.3 cm³/mol. The van der Waals surface area contributed by atoms with Crippen molar-refractivity contribution >= 4 is 17.7 Å². The molecule has 1 fully saturated rings. The van der Waals surface area contributed by atoms with Crippen LogP contribution in [0.25, 0.3) is 5.82 Å². The molecule has 0 bridgehead atoms. The molecule has 134 valence electrons. The zero-order chi connectivity index (χ0) is 17.8. The van der Waals surface area contributed by atoms with Crippen LogP contribution in [-0.4, -0.2) is 48.9 Å². The molecule has 1 aliphatic rings. The molecule has 3 heterocycles. The highest BCUT2D eigenvalue weighted by Gasteiger charge is 2.22. The van der Waals surface area contributed by atoms with E-state index in [1.807, 2.05) is 17.9 Å². The van der Waals surface area contributed by atoms with E-state index in [0.717, 1.165) is 36.7 Å². The molecule has 25 heavy (non-hydrogen) atoms. The third-order valence-electron chi connectivity index (χ3n) is 4.33. The number of rotatable bonds is 4. The number of carbonyl (C=O) groups is 1. The van der Waals surface area contributed by atoms with Gasteiger partial charge in [0.15, 0.2) is 5.82 Å². The van der Waals surface area contributed by atoms with E-state index in [1.165, 1.54) is 12.8 Å². The van der Waals surface area contributed by atoms with Gasteiger partial charge in [-0.3, -0.25) is 4.79 Å². The molecule has 1 aliphatic heterocycles. The van der Waals surface area contributed by atoms with Gasteiger partial charge in [0, 0.05) is 24.4 Å².